The highest BCUT2D eigenvalue weighted by molar-refractivity contribution is 5.68. The van der Waals surface area contributed by atoms with Gasteiger partial charge in [0.1, 0.15) is 0 Å². The molecule has 1 heterocycles. The van der Waals surface area contributed by atoms with Gasteiger partial charge in [-0.2, -0.15) is 0 Å². The maximum atomic E-state index is 10.8. The van der Waals surface area contributed by atoms with Crippen LogP contribution in [0.4, 0.5) is 0 Å². The van der Waals surface area contributed by atoms with Crippen molar-refractivity contribution in [3.8, 4) is 0 Å². The van der Waals surface area contributed by atoms with Crippen LogP contribution in [0.2, 0.25) is 0 Å². The lowest BCUT2D eigenvalue weighted by Gasteiger charge is -2.34. The van der Waals surface area contributed by atoms with E-state index in [4.69, 9.17) is 9.84 Å². The second kappa shape index (κ2) is 4.72. The maximum Gasteiger partial charge on any atom is 0.303 e. The van der Waals surface area contributed by atoms with Crippen LogP contribution < -0.4 is 0 Å². The van der Waals surface area contributed by atoms with E-state index >= 15 is 0 Å². The lowest BCUT2D eigenvalue weighted by molar-refractivity contribution is -0.138. The molecule has 1 saturated heterocycles. The average molecular weight is 227 g/mol. The van der Waals surface area contributed by atoms with Gasteiger partial charge in [-0.15, -0.1) is 0 Å². The standard InChI is InChI=1S/C12H21NO3/c1-16-10-3-2-6-13(8-10)9-12(4-5-12)7-11(14)15/h10H,2-9H2,1H3,(H,14,15). The predicted octanol–water partition coefficient (Wildman–Crippen LogP) is 1.35. The first kappa shape index (κ1) is 11.9. The number of piperidine rings is 1. The van der Waals surface area contributed by atoms with Gasteiger partial charge in [-0.05, 0) is 37.6 Å². The van der Waals surface area contributed by atoms with Crippen molar-refractivity contribution in [1.29, 1.82) is 0 Å². The molecule has 0 radical (unpaired) electrons. The van der Waals surface area contributed by atoms with Gasteiger partial charge in [0.25, 0.3) is 0 Å². The molecule has 2 fully saturated rings. The first-order valence-electron chi connectivity index (χ1n) is 6.10. The summed E-state index contributed by atoms with van der Waals surface area (Å²) in [5.41, 5.74) is 0.0848. The zero-order chi connectivity index (χ0) is 11.6. The van der Waals surface area contributed by atoms with E-state index in [1.54, 1.807) is 7.11 Å². The summed E-state index contributed by atoms with van der Waals surface area (Å²) in [6.07, 6.45) is 5.14. The highest BCUT2D eigenvalue weighted by Crippen LogP contribution is 2.49. The molecule has 1 aliphatic heterocycles. The van der Waals surface area contributed by atoms with Crippen molar-refractivity contribution in [1.82, 2.24) is 4.90 Å². The van der Waals surface area contributed by atoms with Crippen molar-refractivity contribution in [2.24, 2.45) is 5.41 Å². The third-order valence-corrected chi connectivity index (χ3v) is 3.84. The molecule has 1 N–H and O–H groups in total. The van der Waals surface area contributed by atoms with Crippen LogP contribution in [0.3, 0.4) is 0 Å². The van der Waals surface area contributed by atoms with Crippen molar-refractivity contribution in [3.05, 3.63) is 0 Å². The van der Waals surface area contributed by atoms with Gasteiger partial charge in [-0.1, -0.05) is 0 Å². The molecule has 2 rings (SSSR count). The van der Waals surface area contributed by atoms with Crippen molar-refractivity contribution in [2.45, 2.75) is 38.2 Å². The Bertz CT molecular complexity index is 263. The summed E-state index contributed by atoms with van der Waals surface area (Å²) >= 11 is 0. The zero-order valence-corrected chi connectivity index (χ0v) is 9.95. The third kappa shape index (κ3) is 2.95. The second-order valence-corrected chi connectivity index (χ2v) is 5.31. The molecule has 4 heteroatoms. The van der Waals surface area contributed by atoms with Crippen LogP contribution in [0.25, 0.3) is 0 Å². The van der Waals surface area contributed by atoms with E-state index in [1.165, 1.54) is 6.42 Å². The Morgan fingerprint density at radius 1 is 1.56 bits per heavy atom. The molecule has 1 atom stereocenters. The van der Waals surface area contributed by atoms with E-state index in [9.17, 15) is 4.79 Å². The van der Waals surface area contributed by atoms with Crippen molar-refractivity contribution < 1.29 is 14.6 Å². The average Bonchev–Trinajstić information content (AvgIpc) is 2.97. The fourth-order valence-electron chi connectivity index (χ4n) is 2.71. The molecule has 0 aromatic heterocycles. The molecule has 1 aliphatic carbocycles. The lowest BCUT2D eigenvalue weighted by atomic mass is 9.99. The van der Waals surface area contributed by atoms with Crippen molar-refractivity contribution in [3.63, 3.8) is 0 Å². The molecule has 0 spiro atoms. The second-order valence-electron chi connectivity index (χ2n) is 5.31. The van der Waals surface area contributed by atoms with E-state index in [2.05, 4.69) is 4.90 Å². The van der Waals surface area contributed by atoms with E-state index in [-0.39, 0.29) is 5.41 Å². The third-order valence-electron chi connectivity index (χ3n) is 3.84. The number of aliphatic carboxylic acids is 1. The Morgan fingerprint density at radius 3 is 2.88 bits per heavy atom. The fourth-order valence-corrected chi connectivity index (χ4v) is 2.71. The van der Waals surface area contributed by atoms with E-state index in [1.807, 2.05) is 0 Å². The zero-order valence-electron chi connectivity index (χ0n) is 9.95. The monoisotopic (exact) mass is 227 g/mol. The number of hydrogen-bond donors (Lipinski definition) is 1. The Balaban J connectivity index is 1.82. The molecule has 16 heavy (non-hydrogen) atoms. The van der Waals surface area contributed by atoms with Crippen molar-refractivity contribution >= 4 is 5.97 Å². The van der Waals surface area contributed by atoms with E-state index < -0.39 is 5.97 Å². The normalized spacial score (nSPS) is 28.9. The Hall–Kier alpha value is -0.610. The van der Waals surface area contributed by atoms with Crippen LogP contribution in [0.15, 0.2) is 0 Å². The summed E-state index contributed by atoms with van der Waals surface area (Å²) < 4.78 is 5.38. The summed E-state index contributed by atoms with van der Waals surface area (Å²) in [5.74, 6) is -0.655. The lowest BCUT2D eigenvalue weighted by Crippen LogP contribution is -2.42. The number of methoxy groups -OCH3 is 1. The molecular formula is C12H21NO3. The summed E-state index contributed by atoms with van der Waals surface area (Å²) in [6.45, 7) is 3.01. The van der Waals surface area contributed by atoms with Crippen LogP contribution in [0.1, 0.15) is 32.1 Å². The number of carboxylic acids is 1. The number of carbonyl (C=O) groups is 1. The van der Waals surface area contributed by atoms with Crippen LogP contribution in [-0.4, -0.2) is 48.8 Å². The number of hydrogen-bond acceptors (Lipinski definition) is 3. The van der Waals surface area contributed by atoms with E-state index in [0.29, 0.717) is 12.5 Å². The van der Waals surface area contributed by atoms with Gasteiger partial charge in [0.15, 0.2) is 0 Å². The molecule has 1 saturated carbocycles. The van der Waals surface area contributed by atoms with E-state index in [0.717, 1.165) is 38.9 Å². The van der Waals surface area contributed by atoms with Gasteiger partial charge >= 0.3 is 5.97 Å². The Labute approximate surface area is 96.6 Å². The van der Waals surface area contributed by atoms with Gasteiger partial charge in [0.2, 0.25) is 0 Å². The fraction of sp³-hybridized carbons (Fsp3) is 0.917. The first-order chi connectivity index (χ1) is 7.63. The van der Waals surface area contributed by atoms with Crippen molar-refractivity contribution in [2.75, 3.05) is 26.7 Å². The number of rotatable bonds is 5. The Kier molecular flexibility index (Phi) is 3.50. The molecule has 4 nitrogen and oxygen atoms in total. The minimum Gasteiger partial charge on any atom is -0.481 e. The van der Waals surface area contributed by atoms with Crippen LogP contribution in [-0.2, 0) is 9.53 Å². The molecule has 1 unspecified atom stereocenters. The predicted molar refractivity (Wildman–Crippen MR) is 60.4 cm³/mol. The van der Waals surface area contributed by atoms with Crippen LogP contribution >= 0.6 is 0 Å². The molecule has 0 bridgehead atoms. The highest BCUT2D eigenvalue weighted by atomic mass is 16.5. The molecule has 0 amide bonds. The molecule has 0 aromatic carbocycles. The van der Waals surface area contributed by atoms with Gasteiger partial charge in [0, 0.05) is 20.2 Å². The molecule has 92 valence electrons. The Morgan fingerprint density at radius 2 is 2.31 bits per heavy atom. The van der Waals surface area contributed by atoms with Crippen LogP contribution in [0, 0.1) is 5.41 Å². The summed E-state index contributed by atoms with van der Waals surface area (Å²) in [7, 11) is 1.76. The molecular weight excluding hydrogens is 206 g/mol. The maximum absolute atomic E-state index is 10.8. The SMILES string of the molecule is COC1CCCN(CC2(CC(=O)O)CC2)C1. The number of ether oxygens (including phenoxy) is 1. The summed E-state index contributed by atoms with van der Waals surface area (Å²) in [6, 6.07) is 0. The largest absolute Gasteiger partial charge is 0.481 e. The van der Waals surface area contributed by atoms with Gasteiger partial charge in [-0.3, -0.25) is 4.79 Å². The molecule has 0 aromatic rings. The first-order valence-corrected chi connectivity index (χ1v) is 6.10. The summed E-state index contributed by atoms with van der Waals surface area (Å²) in [5, 5.41) is 8.87. The van der Waals surface area contributed by atoms with Crippen LogP contribution in [0.5, 0.6) is 0 Å². The number of likely N-dealkylation sites (tertiary alicyclic amines) is 1. The van der Waals surface area contributed by atoms with Gasteiger partial charge < -0.3 is 14.7 Å². The minimum absolute atomic E-state index is 0.0848. The quantitative estimate of drug-likeness (QED) is 0.770. The summed E-state index contributed by atoms with van der Waals surface area (Å²) in [4.78, 5) is 13.2. The number of nitrogens with zero attached hydrogens (tertiary/aromatic N) is 1. The minimum atomic E-state index is -0.655. The molecule has 2 aliphatic rings. The topological polar surface area (TPSA) is 49.8 Å². The van der Waals surface area contributed by atoms with Gasteiger partial charge in [-0.25, -0.2) is 0 Å². The van der Waals surface area contributed by atoms with Gasteiger partial charge in [0.05, 0.1) is 12.5 Å². The highest BCUT2D eigenvalue weighted by Gasteiger charge is 2.45. The smallest absolute Gasteiger partial charge is 0.303 e. The number of carboxylic acid groups (broad SMARTS) is 1.